The Kier molecular flexibility index (Phi) is 4.23. The highest BCUT2D eigenvalue weighted by atomic mass is 16.2. The second-order valence-electron chi connectivity index (χ2n) is 6.15. The van der Waals surface area contributed by atoms with Crippen LogP contribution in [-0.4, -0.2) is 23.5 Å². The quantitative estimate of drug-likeness (QED) is 0.679. The van der Waals surface area contributed by atoms with Crippen LogP contribution in [0.4, 0.5) is 10.5 Å². The van der Waals surface area contributed by atoms with Crippen molar-refractivity contribution in [1.29, 1.82) is 0 Å². The minimum absolute atomic E-state index is 0.223. The van der Waals surface area contributed by atoms with Gasteiger partial charge in [-0.15, -0.1) is 0 Å². The van der Waals surface area contributed by atoms with Crippen LogP contribution in [0.5, 0.6) is 0 Å². The van der Waals surface area contributed by atoms with E-state index in [2.05, 4.69) is 20.9 Å². The number of urea groups is 1. The third kappa shape index (κ3) is 3.09. The third-order valence-corrected chi connectivity index (χ3v) is 4.46. The van der Waals surface area contributed by atoms with Crippen LogP contribution in [0, 0.1) is 0 Å². The summed E-state index contributed by atoms with van der Waals surface area (Å²) in [6, 6.07) is 16.3. The molecule has 3 amide bonds. The molecule has 4 rings (SSSR count). The smallest absolute Gasteiger partial charge is 0.315 e. The van der Waals surface area contributed by atoms with Gasteiger partial charge in [0.1, 0.15) is 6.04 Å². The van der Waals surface area contributed by atoms with Crippen molar-refractivity contribution in [3.05, 3.63) is 71.9 Å². The maximum Gasteiger partial charge on any atom is 0.315 e. The summed E-state index contributed by atoms with van der Waals surface area (Å²) in [5, 5.41) is 9.39. The van der Waals surface area contributed by atoms with Crippen molar-refractivity contribution in [2.24, 2.45) is 0 Å². The van der Waals surface area contributed by atoms with Crippen LogP contribution in [0.25, 0.3) is 10.9 Å². The molecule has 6 heteroatoms. The lowest BCUT2D eigenvalue weighted by Crippen LogP contribution is -2.41. The normalized spacial score (nSPS) is 15.4. The molecular formula is C20H18N4O2. The van der Waals surface area contributed by atoms with E-state index in [9.17, 15) is 9.59 Å². The Labute approximate surface area is 150 Å². The Bertz CT molecular complexity index is 981. The summed E-state index contributed by atoms with van der Waals surface area (Å²) in [6.07, 6.45) is 2.43. The predicted molar refractivity (Wildman–Crippen MR) is 99.8 cm³/mol. The van der Waals surface area contributed by atoms with Gasteiger partial charge in [0.25, 0.3) is 5.91 Å². The van der Waals surface area contributed by atoms with Crippen LogP contribution in [0.3, 0.4) is 0 Å². The van der Waals surface area contributed by atoms with Crippen molar-refractivity contribution in [2.45, 2.75) is 12.5 Å². The second-order valence-corrected chi connectivity index (χ2v) is 6.15. The van der Waals surface area contributed by atoms with Crippen molar-refractivity contribution in [3.63, 3.8) is 0 Å². The van der Waals surface area contributed by atoms with Gasteiger partial charge in [0.05, 0.1) is 5.52 Å². The largest absolute Gasteiger partial charge is 0.338 e. The van der Waals surface area contributed by atoms with Crippen LogP contribution in [0.2, 0.25) is 0 Å². The summed E-state index contributed by atoms with van der Waals surface area (Å²) < 4.78 is 0. The van der Waals surface area contributed by atoms with Gasteiger partial charge in [-0.1, -0.05) is 42.5 Å². The van der Waals surface area contributed by atoms with Gasteiger partial charge in [-0.2, -0.15) is 0 Å². The Balaban J connectivity index is 1.37. The van der Waals surface area contributed by atoms with Gasteiger partial charge >= 0.3 is 6.03 Å². The zero-order valence-corrected chi connectivity index (χ0v) is 14.0. The number of carbonyl (C=O) groups excluding carboxylic acids is 2. The Morgan fingerprint density at radius 1 is 1.08 bits per heavy atom. The van der Waals surface area contributed by atoms with E-state index in [0.29, 0.717) is 13.0 Å². The molecule has 2 heterocycles. The topological polar surface area (TPSA) is 83.1 Å². The number of anilines is 1. The van der Waals surface area contributed by atoms with Gasteiger partial charge in [-0.25, -0.2) is 4.79 Å². The fourth-order valence-corrected chi connectivity index (χ4v) is 3.21. The first-order chi connectivity index (χ1) is 12.7. The van der Waals surface area contributed by atoms with Crippen LogP contribution >= 0.6 is 0 Å². The zero-order chi connectivity index (χ0) is 17.9. The third-order valence-electron chi connectivity index (χ3n) is 4.46. The molecule has 1 atom stereocenters. The number of pyridine rings is 1. The van der Waals surface area contributed by atoms with Crippen molar-refractivity contribution < 1.29 is 9.59 Å². The van der Waals surface area contributed by atoms with Crippen molar-refractivity contribution in [3.8, 4) is 0 Å². The van der Waals surface area contributed by atoms with E-state index in [1.165, 1.54) is 0 Å². The van der Waals surface area contributed by atoms with E-state index in [1.54, 1.807) is 6.20 Å². The average molecular weight is 346 g/mol. The van der Waals surface area contributed by atoms with Gasteiger partial charge < -0.3 is 16.0 Å². The lowest BCUT2D eigenvalue weighted by Gasteiger charge is -2.13. The average Bonchev–Trinajstić information content (AvgIpc) is 2.97. The molecule has 0 spiro atoms. The number of para-hydroxylation sites is 2. The highest BCUT2D eigenvalue weighted by molar-refractivity contribution is 6.04. The first-order valence-corrected chi connectivity index (χ1v) is 8.49. The van der Waals surface area contributed by atoms with Crippen LogP contribution in [0.1, 0.15) is 17.2 Å². The first-order valence-electron chi connectivity index (χ1n) is 8.49. The van der Waals surface area contributed by atoms with Crippen LogP contribution < -0.4 is 16.0 Å². The molecule has 3 N–H and O–H groups in total. The molecule has 0 aliphatic carbocycles. The fraction of sp³-hybridized carbons (Fsp3) is 0.150. The summed E-state index contributed by atoms with van der Waals surface area (Å²) in [7, 11) is 0. The van der Waals surface area contributed by atoms with Gasteiger partial charge in [0.15, 0.2) is 0 Å². The maximum absolute atomic E-state index is 12.2. The molecule has 26 heavy (non-hydrogen) atoms. The molecule has 1 aliphatic heterocycles. The van der Waals surface area contributed by atoms with E-state index >= 15 is 0 Å². The number of nitrogens with one attached hydrogen (secondary N) is 3. The standard InChI is InChI=1S/C20H18N4O2/c25-19-18(15-8-1-2-9-16(15)23-19)24-20(26)22-12-10-14-6-3-5-13-7-4-11-21-17(13)14/h1-9,11,18H,10,12H2,(H,23,25)(H2,22,24,26)/t18-/m0/s1. The minimum Gasteiger partial charge on any atom is -0.338 e. The molecule has 0 saturated heterocycles. The summed E-state index contributed by atoms with van der Waals surface area (Å²) >= 11 is 0. The monoisotopic (exact) mass is 346 g/mol. The SMILES string of the molecule is O=C(NCCc1cccc2cccnc12)N[C@@H]1C(=O)Nc2ccccc21. The predicted octanol–water partition coefficient (Wildman–Crippen LogP) is 2.77. The highest BCUT2D eigenvalue weighted by Crippen LogP contribution is 2.29. The number of aromatic nitrogens is 1. The van der Waals surface area contributed by atoms with Gasteiger partial charge in [-0.05, 0) is 24.1 Å². The van der Waals surface area contributed by atoms with Gasteiger partial charge in [-0.3, -0.25) is 9.78 Å². The molecule has 1 aromatic heterocycles. The zero-order valence-electron chi connectivity index (χ0n) is 14.0. The van der Waals surface area contributed by atoms with E-state index < -0.39 is 6.04 Å². The van der Waals surface area contributed by atoms with Gasteiger partial charge in [0.2, 0.25) is 0 Å². The van der Waals surface area contributed by atoms with Crippen molar-refractivity contribution in [2.75, 3.05) is 11.9 Å². The molecule has 2 aromatic carbocycles. The number of hydrogen-bond donors (Lipinski definition) is 3. The molecule has 0 unspecified atom stereocenters. The first kappa shape index (κ1) is 16.1. The highest BCUT2D eigenvalue weighted by Gasteiger charge is 2.31. The molecule has 3 aromatic rings. The number of hydrogen-bond acceptors (Lipinski definition) is 3. The van der Waals surface area contributed by atoms with E-state index in [0.717, 1.165) is 27.7 Å². The molecule has 130 valence electrons. The number of rotatable bonds is 4. The second kappa shape index (κ2) is 6.84. The Morgan fingerprint density at radius 2 is 1.92 bits per heavy atom. The van der Waals surface area contributed by atoms with Crippen LogP contribution in [-0.2, 0) is 11.2 Å². The molecule has 6 nitrogen and oxygen atoms in total. The molecule has 1 aliphatic rings. The Hall–Kier alpha value is -3.41. The van der Waals surface area contributed by atoms with Crippen molar-refractivity contribution in [1.82, 2.24) is 15.6 Å². The van der Waals surface area contributed by atoms with E-state index in [1.807, 2.05) is 54.6 Å². The lowest BCUT2D eigenvalue weighted by molar-refractivity contribution is -0.117. The molecule has 0 bridgehead atoms. The molecule has 0 saturated carbocycles. The number of amides is 3. The lowest BCUT2D eigenvalue weighted by atomic mass is 10.1. The Morgan fingerprint density at radius 3 is 2.85 bits per heavy atom. The summed E-state index contributed by atoms with van der Waals surface area (Å²) in [5.74, 6) is -0.223. The van der Waals surface area contributed by atoms with E-state index in [4.69, 9.17) is 0 Å². The van der Waals surface area contributed by atoms with Crippen molar-refractivity contribution >= 4 is 28.5 Å². The van der Waals surface area contributed by atoms with E-state index in [-0.39, 0.29) is 11.9 Å². The summed E-state index contributed by atoms with van der Waals surface area (Å²) in [6.45, 7) is 0.456. The number of carbonyl (C=O) groups is 2. The minimum atomic E-state index is -0.662. The molecular weight excluding hydrogens is 328 g/mol. The number of nitrogens with zero attached hydrogens (tertiary/aromatic N) is 1. The summed E-state index contributed by atoms with van der Waals surface area (Å²) in [5.41, 5.74) is 3.55. The summed E-state index contributed by atoms with van der Waals surface area (Å²) in [4.78, 5) is 28.7. The van der Waals surface area contributed by atoms with Crippen LogP contribution in [0.15, 0.2) is 60.8 Å². The fourth-order valence-electron chi connectivity index (χ4n) is 3.21. The number of fused-ring (bicyclic) bond motifs is 2. The molecule has 0 radical (unpaired) electrons. The molecule has 0 fully saturated rings. The van der Waals surface area contributed by atoms with Gasteiger partial charge in [0, 0.05) is 29.4 Å². The maximum atomic E-state index is 12.2. The number of benzene rings is 2.